The minimum atomic E-state index is -0.183. The molecular weight excluding hydrogens is 236 g/mol. The van der Waals surface area contributed by atoms with Crippen molar-refractivity contribution in [1.29, 1.82) is 0 Å². The monoisotopic (exact) mass is 250 g/mol. The maximum Gasteiger partial charge on any atom is 0.254 e. The Balaban J connectivity index is 2.22. The Morgan fingerprint density at radius 2 is 1.74 bits per heavy atom. The highest BCUT2D eigenvalue weighted by atomic mass is 16.1. The molecular formula is C16H14N2O. The molecule has 0 aliphatic carbocycles. The Labute approximate surface area is 112 Å². The second-order valence-electron chi connectivity index (χ2n) is 3.92. The first kappa shape index (κ1) is 12.7. The number of para-hydroxylation sites is 2. The topological polar surface area (TPSA) is 41.1 Å². The Morgan fingerprint density at radius 3 is 2.47 bits per heavy atom. The lowest BCUT2D eigenvalue weighted by Crippen LogP contribution is -2.24. The van der Waals surface area contributed by atoms with Crippen molar-refractivity contribution < 1.29 is 4.79 Å². The third-order valence-electron chi connectivity index (χ3n) is 2.58. The Kier molecular flexibility index (Phi) is 4.20. The fourth-order valence-electron chi connectivity index (χ4n) is 1.69. The molecule has 2 aromatic rings. The van der Waals surface area contributed by atoms with Crippen LogP contribution in [0.4, 0.5) is 11.4 Å². The molecule has 19 heavy (non-hydrogen) atoms. The highest BCUT2D eigenvalue weighted by Gasteiger charge is 2.09. The van der Waals surface area contributed by atoms with E-state index in [2.05, 4.69) is 16.6 Å². The van der Waals surface area contributed by atoms with Gasteiger partial charge in [-0.2, -0.15) is 0 Å². The van der Waals surface area contributed by atoms with E-state index in [-0.39, 0.29) is 12.5 Å². The van der Waals surface area contributed by atoms with Gasteiger partial charge in [0.2, 0.25) is 0 Å². The van der Waals surface area contributed by atoms with E-state index < -0.39 is 0 Å². The lowest BCUT2D eigenvalue weighted by atomic mass is 10.1. The van der Waals surface area contributed by atoms with Gasteiger partial charge < -0.3 is 10.6 Å². The van der Waals surface area contributed by atoms with Gasteiger partial charge >= 0.3 is 0 Å². The molecule has 0 saturated carbocycles. The number of nitrogens with one attached hydrogen (secondary N) is 2. The summed E-state index contributed by atoms with van der Waals surface area (Å²) in [4.78, 5) is 12.0. The van der Waals surface area contributed by atoms with Crippen LogP contribution in [0.1, 0.15) is 10.4 Å². The summed E-state index contributed by atoms with van der Waals surface area (Å²) in [6.07, 6.45) is 5.14. The molecule has 0 aliphatic rings. The number of terminal acetylenes is 1. The van der Waals surface area contributed by atoms with Gasteiger partial charge in [0.15, 0.2) is 0 Å². The van der Waals surface area contributed by atoms with Gasteiger partial charge in [-0.3, -0.25) is 4.79 Å². The summed E-state index contributed by atoms with van der Waals surface area (Å²) in [5, 5.41) is 5.88. The molecule has 0 fully saturated rings. The summed E-state index contributed by atoms with van der Waals surface area (Å²) in [5.41, 5.74) is 2.25. The molecule has 0 heterocycles. The van der Waals surface area contributed by atoms with Crippen LogP contribution in [-0.4, -0.2) is 12.5 Å². The van der Waals surface area contributed by atoms with Gasteiger partial charge in [0.1, 0.15) is 0 Å². The SMILES string of the molecule is C#CCNC(=O)c1ccccc1Nc1ccccc1. The Bertz CT molecular complexity index is 600. The largest absolute Gasteiger partial charge is 0.355 e. The van der Waals surface area contributed by atoms with Crippen LogP contribution in [0.3, 0.4) is 0 Å². The van der Waals surface area contributed by atoms with Gasteiger partial charge in [-0.25, -0.2) is 0 Å². The lowest BCUT2D eigenvalue weighted by Gasteiger charge is -2.11. The number of anilines is 2. The summed E-state index contributed by atoms with van der Waals surface area (Å²) >= 11 is 0. The van der Waals surface area contributed by atoms with Crippen molar-refractivity contribution in [2.24, 2.45) is 0 Å². The first-order chi connectivity index (χ1) is 9.31. The minimum Gasteiger partial charge on any atom is -0.355 e. The van der Waals surface area contributed by atoms with E-state index in [1.807, 2.05) is 48.5 Å². The van der Waals surface area contributed by atoms with Crippen molar-refractivity contribution in [3.8, 4) is 12.3 Å². The molecule has 0 aromatic heterocycles. The Morgan fingerprint density at radius 1 is 1.05 bits per heavy atom. The number of carbonyl (C=O) groups is 1. The van der Waals surface area contributed by atoms with Gasteiger partial charge in [-0.15, -0.1) is 6.42 Å². The minimum absolute atomic E-state index is 0.183. The average molecular weight is 250 g/mol. The van der Waals surface area contributed by atoms with Crippen LogP contribution in [0.25, 0.3) is 0 Å². The lowest BCUT2D eigenvalue weighted by molar-refractivity contribution is 0.0959. The van der Waals surface area contributed by atoms with Crippen LogP contribution < -0.4 is 10.6 Å². The van der Waals surface area contributed by atoms with Crippen molar-refractivity contribution in [3.63, 3.8) is 0 Å². The Hall–Kier alpha value is -2.73. The second kappa shape index (κ2) is 6.27. The number of carbonyl (C=O) groups excluding carboxylic acids is 1. The summed E-state index contributed by atoms with van der Waals surface area (Å²) in [6, 6.07) is 17.0. The van der Waals surface area contributed by atoms with E-state index in [0.717, 1.165) is 11.4 Å². The second-order valence-corrected chi connectivity index (χ2v) is 3.92. The molecule has 0 aliphatic heterocycles. The van der Waals surface area contributed by atoms with Gasteiger partial charge in [0.05, 0.1) is 17.8 Å². The zero-order valence-electron chi connectivity index (χ0n) is 10.4. The molecule has 0 spiro atoms. The molecule has 0 unspecified atom stereocenters. The molecule has 2 N–H and O–H groups in total. The zero-order valence-corrected chi connectivity index (χ0v) is 10.4. The molecule has 0 saturated heterocycles. The van der Waals surface area contributed by atoms with Crippen molar-refractivity contribution in [3.05, 3.63) is 60.2 Å². The number of hydrogen-bond donors (Lipinski definition) is 2. The van der Waals surface area contributed by atoms with E-state index >= 15 is 0 Å². The summed E-state index contributed by atoms with van der Waals surface area (Å²) in [5.74, 6) is 2.20. The number of amides is 1. The van der Waals surface area contributed by atoms with Crippen LogP contribution >= 0.6 is 0 Å². The quantitative estimate of drug-likeness (QED) is 0.819. The maximum atomic E-state index is 12.0. The zero-order chi connectivity index (χ0) is 13.5. The van der Waals surface area contributed by atoms with Gasteiger partial charge in [0.25, 0.3) is 5.91 Å². The first-order valence-corrected chi connectivity index (χ1v) is 5.94. The molecule has 0 atom stereocenters. The van der Waals surface area contributed by atoms with E-state index in [0.29, 0.717) is 5.56 Å². The fraction of sp³-hybridized carbons (Fsp3) is 0.0625. The van der Waals surface area contributed by atoms with Crippen LogP contribution in [0.5, 0.6) is 0 Å². The van der Waals surface area contributed by atoms with Crippen LogP contribution in [0.15, 0.2) is 54.6 Å². The summed E-state index contributed by atoms with van der Waals surface area (Å²) in [6.45, 7) is 0.221. The fourth-order valence-corrected chi connectivity index (χ4v) is 1.69. The van der Waals surface area contributed by atoms with Crippen molar-refractivity contribution in [1.82, 2.24) is 5.32 Å². The molecule has 2 rings (SSSR count). The van der Waals surface area contributed by atoms with Crippen molar-refractivity contribution in [2.75, 3.05) is 11.9 Å². The first-order valence-electron chi connectivity index (χ1n) is 5.94. The molecule has 94 valence electrons. The average Bonchev–Trinajstić information content (AvgIpc) is 2.46. The molecule has 3 heteroatoms. The molecule has 3 nitrogen and oxygen atoms in total. The van der Waals surface area contributed by atoms with Gasteiger partial charge in [0, 0.05) is 5.69 Å². The molecule has 0 bridgehead atoms. The van der Waals surface area contributed by atoms with E-state index in [1.165, 1.54) is 0 Å². The van der Waals surface area contributed by atoms with Crippen LogP contribution in [-0.2, 0) is 0 Å². The standard InChI is InChI=1S/C16H14N2O/c1-2-12-17-16(19)14-10-6-7-11-15(14)18-13-8-4-3-5-9-13/h1,3-11,18H,12H2,(H,17,19). The number of rotatable bonds is 4. The maximum absolute atomic E-state index is 12.0. The number of benzene rings is 2. The van der Waals surface area contributed by atoms with E-state index in [1.54, 1.807) is 6.07 Å². The number of hydrogen-bond acceptors (Lipinski definition) is 2. The van der Waals surface area contributed by atoms with Crippen LogP contribution in [0.2, 0.25) is 0 Å². The van der Waals surface area contributed by atoms with Crippen molar-refractivity contribution >= 4 is 17.3 Å². The third-order valence-corrected chi connectivity index (χ3v) is 2.58. The van der Waals surface area contributed by atoms with E-state index in [4.69, 9.17) is 6.42 Å². The van der Waals surface area contributed by atoms with Crippen LogP contribution in [0, 0.1) is 12.3 Å². The normalized spacial score (nSPS) is 9.42. The smallest absolute Gasteiger partial charge is 0.254 e. The molecule has 2 aromatic carbocycles. The highest BCUT2D eigenvalue weighted by molar-refractivity contribution is 6.00. The van der Waals surface area contributed by atoms with Gasteiger partial charge in [-0.05, 0) is 24.3 Å². The predicted octanol–water partition coefficient (Wildman–Crippen LogP) is 2.79. The summed E-state index contributed by atoms with van der Waals surface area (Å²) < 4.78 is 0. The molecule has 0 radical (unpaired) electrons. The predicted molar refractivity (Wildman–Crippen MR) is 77.3 cm³/mol. The van der Waals surface area contributed by atoms with Crippen molar-refractivity contribution in [2.45, 2.75) is 0 Å². The third kappa shape index (κ3) is 3.36. The molecule has 1 amide bonds. The van der Waals surface area contributed by atoms with Gasteiger partial charge in [-0.1, -0.05) is 36.3 Å². The highest BCUT2D eigenvalue weighted by Crippen LogP contribution is 2.20. The summed E-state index contributed by atoms with van der Waals surface area (Å²) in [7, 11) is 0. The van der Waals surface area contributed by atoms with E-state index in [9.17, 15) is 4.79 Å².